The van der Waals surface area contributed by atoms with Crippen molar-refractivity contribution >= 4 is 33.0 Å². The lowest BCUT2D eigenvalue weighted by Crippen LogP contribution is -2.34. The van der Waals surface area contributed by atoms with Crippen molar-refractivity contribution in [2.75, 3.05) is 12.4 Å². The fourth-order valence-corrected chi connectivity index (χ4v) is 4.25. The first-order chi connectivity index (χ1) is 10.9. The van der Waals surface area contributed by atoms with Gasteiger partial charge >= 0.3 is 0 Å². The molecule has 0 spiro atoms. The molecule has 8 heteroatoms. The number of fused-ring (bicyclic) bond motifs is 1. The predicted octanol–water partition coefficient (Wildman–Crippen LogP) is 2.29. The third-order valence-corrected chi connectivity index (χ3v) is 6.21. The van der Waals surface area contributed by atoms with Crippen LogP contribution in [0.4, 0.5) is 5.69 Å². The number of sulfonamides is 1. The summed E-state index contributed by atoms with van der Waals surface area (Å²) < 4.78 is 32.1. The van der Waals surface area contributed by atoms with Crippen LogP contribution in [-0.2, 0) is 21.4 Å². The van der Waals surface area contributed by atoms with Crippen molar-refractivity contribution in [2.45, 2.75) is 24.5 Å². The normalized spacial score (nSPS) is 17.5. The topological polar surface area (TPSA) is 75.7 Å². The van der Waals surface area contributed by atoms with E-state index in [1.54, 1.807) is 13.0 Å². The van der Waals surface area contributed by atoms with Crippen molar-refractivity contribution in [3.05, 3.63) is 40.6 Å². The second kappa shape index (κ2) is 5.95. The first-order valence-corrected chi connectivity index (χ1v) is 9.30. The zero-order valence-corrected chi connectivity index (χ0v) is 14.3. The summed E-state index contributed by atoms with van der Waals surface area (Å²) in [5.74, 6) is 0.177. The minimum Gasteiger partial charge on any atom is -0.479 e. The van der Waals surface area contributed by atoms with Crippen molar-refractivity contribution in [1.29, 1.82) is 0 Å². The highest BCUT2D eigenvalue weighted by atomic mass is 32.2. The van der Waals surface area contributed by atoms with Crippen LogP contribution in [0.5, 0.6) is 5.75 Å². The maximum absolute atomic E-state index is 12.7. The average molecular weight is 352 g/mol. The van der Waals surface area contributed by atoms with Gasteiger partial charge in [-0.25, -0.2) is 8.42 Å². The molecule has 1 aromatic carbocycles. The van der Waals surface area contributed by atoms with Crippen LogP contribution in [0, 0.1) is 0 Å². The zero-order chi connectivity index (χ0) is 16.6. The first kappa shape index (κ1) is 16.0. The summed E-state index contributed by atoms with van der Waals surface area (Å²) in [6, 6.07) is 8.26. The van der Waals surface area contributed by atoms with E-state index in [9.17, 15) is 13.2 Å². The number of hydrogen-bond donors (Lipinski definition) is 1. The highest BCUT2D eigenvalue weighted by molar-refractivity contribution is 7.89. The standard InChI is InChI=1S/C15H16N2O4S2/c1-10-15(18)16-13-8-12(5-6-14(13)21-10)23(19,20)17(2)9-11-4-3-7-22-11/h3-8,10H,9H2,1-2H3,(H,16,18)/t10-/m1/s1. The van der Waals surface area contributed by atoms with Crippen LogP contribution in [0.1, 0.15) is 11.8 Å². The fourth-order valence-electron chi connectivity index (χ4n) is 2.24. The molecule has 3 rings (SSSR count). The molecule has 1 atom stereocenters. The summed E-state index contributed by atoms with van der Waals surface area (Å²) in [7, 11) is -2.11. The molecule has 0 fully saturated rings. The Labute approximate surface area is 138 Å². The maximum atomic E-state index is 12.7. The van der Waals surface area contributed by atoms with Crippen LogP contribution in [0.25, 0.3) is 0 Å². The van der Waals surface area contributed by atoms with E-state index in [1.807, 2.05) is 17.5 Å². The van der Waals surface area contributed by atoms with Crippen LogP contribution >= 0.6 is 11.3 Å². The number of anilines is 1. The average Bonchev–Trinajstić information content (AvgIpc) is 3.00. The molecular formula is C15H16N2O4S2. The largest absolute Gasteiger partial charge is 0.479 e. The number of ether oxygens (including phenoxy) is 1. The van der Waals surface area contributed by atoms with Gasteiger partial charge in [0.15, 0.2) is 6.10 Å². The fraction of sp³-hybridized carbons (Fsp3) is 0.267. The molecule has 1 N–H and O–H groups in total. The molecule has 23 heavy (non-hydrogen) atoms. The Bertz CT molecular complexity index is 831. The molecule has 0 radical (unpaired) electrons. The lowest BCUT2D eigenvalue weighted by molar-refractivity contribution is -0.122. The minimum atomic E-state index is -3.65. The maximum Gasteiger partial charge on any atom is 0.265 e. The lowest BCUT2D eigenvalue weighted by atomic mass is 10.2. The summed E-state index contributed by atoms with van der Waals surface area (Å²) in [5, 5.41) is 4.57. The van der Waals surface area contributed by atoms with E-state index in [0.29, 0.717) is 18.0 Å². The molecule has 0 bridgehead atoms. The molecule has 1 aliphatic rings. The van der Waals surface area contributed by atoms with Gasteiger partial charge in [-0.3, -0.25) is 4.79 Å². The quantitative estimate of drug-likeness (QED) is 0.916. The molecule has 1 amide bonds. The van der Waals surface area contributed by atoms with Gasteiger partial charge in [0.2, 0.25) is 10.0 Å². The summed E-state index contributed by atoms with van der Waals surface area (Å²) in [6.07, 6.45) is -0.591. The van der Waals surface area contributed by atoms with Gasteiger partial charge in [-0.2, -0.15) is 4.31 Å². The molecule has 0 saturated heterocycles. The number of rotatable bonds is 4. The third kappa shape index (κ3) is 3.10. The number of nitrogens with zero attached hydrogens (tertiary/aromatic N) is 1. The monoisotopic (exact) mass is 352 g/mol. The van der Waals surface area contributed by atoms with Crippen LogP contribution in [0.3, 0.4) is 0 Å². The Morgan fingerprint density at radius 1 is 1.35 bits per heavy atom. The molecule has 2 heterocycles. The van der Waals surface area contributed by atoms with E-state index < -0.39 is 16.1 Å². The van der Waals surface area contributed by atoms with E-state index in [4.69, 9.17) is 4.74 Å². The predicted molar refractivity (Wildman–Crippen MR) is 88.1 cm³/mol. The molecule has 0 aliphatic carbocycles. The van der Waals surface area contributed by atoms with Gasteiger partial charge < -0.3 is 10.1 Å². The Morgan fingerprint density at radius 2 is 2.13 bits per heavy atom. The number of carbonyl (C=O) groups excluding carboxylic acids is 1. The number of nitrogens with one attached hydrogen (secondary N) is 1. The van der Waals surface area contributed by atoms with Gasteiger partial charge in [0.25, 0.3) is 5.91 Å². The number of carbonyl (C=O) groups is 1. The van der Waals surface area contributed by atoms with Gasteiger partial charge in [0.05, 0.1) is 10.6 Å². The van der Waals surface area contributed by atoms with Crippen molar-refractivity contribution in [1.82, 2.24) is 4.31 Å². The number of benzene rings is 1. The Kier molecular flexibility index (Phi) is 4.13. The summed E-state index contributed by atoms with van der Waals surface area (Å²) in [4.78, 5) is 12.7. The van der Waals surface area contributed by atoms with E-state index in [-0.39, 0.29) is 10.8 Å². The number of hydrogen-bond acceptors (Lipinski definition) is 5. The van der Waals surface area contributed by atoms with Crippen molar-refractivity contribution < 1.29 is 17.9 Å². The van der Waals surface area contributed by atoms with Gasteiger partial charge in [0, 0.05) is 18.5 Å². The molecule has 0 saturated carbocycles. The van der Waals surface area contributed by atoms with Crippen LogP contribution in [0.2, 0.25) is 0 Å². The second-order valence-electron chi connectivity index (χ2n) is 5.25. The van der Waals surface area contributed by atoms with E-state index in [2.05, 4.69) is 5.32 Å². The Morgan fingerprint density at radius 3 is 2.83 bits per heavy atom. The number of amides is 1. The van der Waals surface area contributed by atoms with Crippen molar-refractivity contribution in [2.24, 2.45) is 0 Å². The van der Waals surface area contributed by atoms with Gasteiger partial charge in [-0.15, -0.1) is 11.3 Å². The minimum absolute atomic E-state index is 0.119. The van der Waals surface area contributed by atoms with Crippen molar-refractivity contribution in [3.63, 3.8) is 0 Å². The van der Waals surface area contributed by atoms with Gasteiger partial charge in [-0.1, -0.05) is 6.07 Å². The van der Waals surface area contributed by atoms with Crippen LogP contribution in [-0.4, -0.2) is 31.8 Å². The zero-order valence-electron chi connectivity index (χ0n) is 12.6. The van der Waals surface area contributed by atoms with Gasteiger partial charge in [-0.05, 0) is 36.6 Å². The lowest BCUT2D eigenvalue weighted by Gasteiger charge is -2.24. The Hall–Kier alpha value is -1.90. The molecule has 0 unspecified atom stereocenters. The summed E-state index contributed by atoms with van der Waals surface area (Å²) in [5.41, 5.74) is 0.374. The molecule has 1 aromatic heterocycles. The van der Waals surface area contributed by atoms with Crippen LogP contribution < -0.4 is 10.1 Å². The smallest absolute Gasteiger partial charge is 0.265 e. The third-order valence-electron chi connectivity index (χ3n) is 3.55. The Balaban J connectivity index is 1.88. The SMILES string of the molecule is C[C@H]1Oc2ccc(S(=O)(=O)N(C)Cc3cccs3)cc2NC1=O. The molecule has 2 aromatic rings. The highest BCUT2D eigenvalue weighted by Crippen LogP contribution is 2.32. The van der Waals surface area contributed by atoms with Gasteiger partial charge in [0.1, 0.15) is 5.75 Å². The summed E-state index contributed by atoms with van der Waals surface area (Å²) >= 11 is 1.50. The van der Waals surface area contributed by atoms with E-state index >= 15 is 0 Å². The molecule has 122 valence electrons. The molecule has 1 aliphatic heterocycles. The molecular weight excluding hydrogens is 336 g/mol. The second-order valence-corrected chi connectivity index (χ2v) is 8.32. The van der Waals surface area contributed by atoms with Crippen molar-refractivity contribution in [3.8, 4) is 5.75 Å². The highest BCUT2D eigenvalue weighted by Gasteiger charge is 2.27. The van der Waals surface area contributed by atoms with Crippen LogP contribution in [0.15, 0.2) is 40.6 Å². The summed E-state index contributed by atoms with van der Waals surface area (Å²) in [6.45, 7) is 1.94. The number of thiophene rings is 1. The first-order valence-electron chi connectivity index (χ1n) is 6.98. The van der Waals surface area contributed by atoms with E-state index in [0.717, 1.165) is 4.88 Å². The van der Waals surface area contributed by atoms with E-state index in [1.165, 1.54) is 34.8 Å². The molecule has 6 nitrogen and oxygen atoms in total.